The van der Waals surface area contributed by atoms with Gasteiger partial charge in [-0.05, 0) is 25.5 Å². The van der Waals surface area contributed by atoms with Gasteiger partial charge in [-0.15, -0.1) is 0 Å². The molecule has 0 radical (unpaired) electrons. The van der Waals surface area contributed by atoms with Crippen LogP contribution in [0.4, 0.5) is 5.69 Å². The molecule has 2 aliphatic rings. The maximum atomic E-state index is 12.3. The van der Waals surface area contributed by atoms with Crippen LogP contribution in [0.25, 0.3) is 0 Å². The molecule has 1 saturated heterocycles. The zero-order valence-corrected chi connectivity index (χ0v) is 18.2. The summed E-state index contributed by atoms with van der Waals surface area (Å²) in [6, 6.07) is 9.67. The Kier molecular flexibility index (Phi) is 6.71. The molecule has 1 N–H and O–H groups in total. The van der Waals surface area contributed by atoms with E-state index >= 15 is 0 Å². The van der Waals surface area contributed by atoms with E-state index in [9.17, 15) is 4.79 Å². The van der Waals surface area contributed by atoms with Gasteiger partial charge in [0.25, 0.3) is 5.91 Å². The van der Waals surface area contributed by atoms with Crippen molar-refractivity contribution in [1.29, 1.82) is 0 Å². The molecule has 9 nitrogen and oxygen atoms in total. The Morgan fingerprint density at radius 2 is 2.03 bits per heavy atom. The Balaban J connectivity index is 1.21. The zero-order chi connectivity index (χ0) is 21.6. The maximum absolute atomic E-state index is 12.3. The SMILES string of the molecule is CN=C(NCCCN1C(=O)COc2ccccc21)N1CCN(Cc2cc(C)on2)CC1. The average Bonchev–Trinajstić information content (AvgIpc) is 3.20. The second-order valence-corrected chi connectivity index (χ2v) is 7.82. The molecule has 1 fully saturated rings. The van der Waals surface area contributed by atoms with Crippen molar-refractivity contribution < 1.29 is 14.1 Å². The molecular formula is C22H30N6O3. The lowest BCUT2D eigenvalue weighted by Gasteiger charge is -2.36. The number of guanidine groups is 1. The standard InChI is InChI=1S/C22H30N6O3/c1-17-14-18(25-31-17)15-26-10-12-27(13-11-26)22(23-2)24-8-5-9-28-19-6-3-4-7-20(19)30-16-21(28)29/h3-4,6-7,14H,5,8-13,15-16H2,1-2H3,(H,23,24). The molecular weight excluding hydrogens is 396 g/mol. The highest BCUT2D eigenvalue weighted by Crippen LogP contribution is 2.31. The lowest BCUT2D eigenvalue weighted by molar-refractivity contribution is -0.121. The van der Waals surface area contributed by atoms with E-state index in [0.29, 0.717) is 6.54 Å². The Morgan fingerprint density at radius 1 is 1.23 bits per heavy atom. The molecule has 1 aromatic carbocycles. The molecule has 0 unspecified atom stereocenters. The van der Waals surface area contributed by atoms with Crippen molar-refractivity contribution in [1.82, 2.24) is 20.3 Å². The number of amides is 1. The first kappa shape index (κ1) is 21.2. The number of benzene rings is 1. The van der Waals surface area contributed by atoms with Crippen molar-refractivity contribution in [2.24, 2.45) is 4.99 Å². The van der Waals surface area contributed by atoms with Crippen molar-refractivity contribution in [3.05, 3.63) is 41.8 Å². The highest BCUT2D eigenvalue weighted by atomic mass is 16.5. The number of carbonyl (C=O) groups excluding carboxylic acids is 1. The van der Waals surface area contributed by atoms with Crippen molar-refractivity contribution in [2.75, 3.05) is 57.8 Å². The number of aliphatic imine (C=N–C) groups is 1. The molecule has 3 heterocycles. The van der Waals surface area contributed by atoms with Crippen LogP contribution in [0.5, 0.6) is 5.75 Å². The summed E-state index contributed by atoms with van der Waals surface area (Å²) in [4.78, 5) is 23.2. The van der Waals surface area contributed by atoms with E-state index in [1.165, 1.54) is 0 Å². The molecule has 31 heavy (non-hydrogen) atoms. The second kappa shape index (κ2) is 9.82. The fourth-order valence-corrected chi connectivity index (χ4v) is 4.01. The average molecular weight is 427 g/mol. The number of piperazine rings is 1. The highest BCUT2D eigenvalue weighted by Gasteiger charge is 2.25. The van der Waals surface area contributed by atoms with E-state index in [4.69, 9.17) is 9.26 Å². The minimum absolute atomic E-state index is 0.00140. The van der Waals surface area contributed by atoms with Gasteiger partial charge in [0.1, 0.15) is 11.5 Å². The lowest BCUT2D eigenvalue weighted by atomic mass is 10.2. The Hall–Kier alpha value is -3.07. The van der Waals surface area contributed by atoms with Crippen LogP contribution >= 0.6 is 0 Å². The van der Waals surface area contributed by atoms with Crippen LogP contribution in [0.1, 0.15) is 17.9 Å². The normalized spacial score (nSPS) is 17.5. The molecule has 9 heteroatoms. The molecule has 0 aliphatic carbocycles. The number of rotatable bonds is 6. The number of anilines is 1. The van der Waals surface area contributed by atoms with E-state index in [-0.39, 0.29) is 12.5 Å². The molecule has 1 aromatic heterocycles. The van der Waals surface area contributed by atoms with Gasteiger partial charge in [-0.3, -0.25) is 14.7 Å². The lowest BCUT2D eigenvalue weighted by Crippen LogP contribution is -2.52. The molecule has 4 rings (SSSR count). The summed E-state index contributed by atoms with van der Waals surface area (Å²) in [5, 5.41) is 7.53. The van der Waals surface area contributed by atoms with Crippen LogP contribution in [0.15, 0.2) is 39.8 Å². The summed E-state index contributed by atoms with van der Waals surface area (Å²) in [7, 11) is 1.81. The fourth-order valence-electron chi connectivity index (χ4n) is 4.01. The maximum Gasteiger partial charge on any atom is 0.265 e. The van der Waals surface area contributed by atoms with Gasteiger partial charge in [0.2, 0.25) is 0 Å². The number of ether oxygens (including phenoxy) is 1. The summed E-state index contributed by atoms with van der Waals surface area (Å²) in [6.07, 6.45) is 0.824. The van der Waals surface area contributed by atoms with E-state index in [2.05, 4.69) is 25.3 Å². The minimum Gasteiger partial charge on any atom is -0.482 e. The summed E-state index contributed by atoms with van der Waals surface area (Å²) in [5.74, 6) is 2.53. The number of fused-ring (bicyclic) bond motifs is 1. The van der Waals surface area contributed by atoms with Crippen molar-refractivity contribution in [2.45, 2.75) is 19.9 Å². The molecule has 0 saturated carbocycles. The van der Waals surface area contributed by atoms with E-state index in [1.807, 2.05) is 49.2 Å². The second-order valence-electron chi connectivity index (χ2n) is 7.82. The minimum atomic E-state index is 0.00140. The van der Waals surface area contributed by atoms with Gasteiger partial charge < -0.3 is 24.4 Å². The highest BCUT2D eigenvalue weighted by molar-refractivity contribution is 5.97. The van der Waals surface area contributed by atoms with Crippen molar-refractivity contribution >= 4 is 17.6 Å². The fraction of sp³-hybridized carbons (Fsp3) is 0.500. The van der Waals surface area contributed by atoms with Gasteiger partial charge in [-0.25, -0.2) is 0 Å². The summed E-state index contributed by atoms with van der Waals surface area (Å²) >= 11 is 0. The van der Waals surface area contributed by atoms with Crippen LogP contribution in [-0.4, -0.2) is 79.7 Å². The molecule has 2 aromatic rings. The summed E-state index contributed by atoms with van der Waals surface area (Å²) in [5.41, 5.74) is 1.83. The number of para-hydroxylation sites is 2. The van der Waals surface area contributed by atoms with Crippen LogP contribution in [0.3, 0.4) is 0 Å². The molecule has 0 atom stereocenters. The number of nitrogens with zero attached hydrogens (tertiary/aromatic N) is 5. The van der Waals surface area contributed by atoms with Gasteiger partial charge in [0.15, 0.2) is 12.6 Å². The quantitative estimate of drug-likeness (QED) is 0.425. The molecule has 0 spiro atoms. The smallest absolute Gasteiger partial charge is 0.265 e. The molecule has 1 amide bonds. The van der Waals surface area contributed by atoms with Gasteiger partial charge in [0, 0.05) is 58.9 Å². The summed E-state index contributed by atoms with van der Waals surface area (Å²) < 4.78 is 10.7. The van der Waals surface area contributed by atoms with Gasteiger partial charge >= 0.3 is 0 Å². The predicted molar refractivity (Wildman–Crippen MR) is 118 cm³/mol. The monoisotopic (exact) mass is 426 g/mol. The molecule has 2 aliphatic heterocycles. The third-order valence-corrected chi connectivity index (χ3v) is 5.60. The summed E-state index contributed by atoms with van der Waals surface area (Å²) in [6.45, 7) is 7.94. The third kappa shape index (κ3) is 5.16. The first-order valence-corrected chi connectivity index (χ1v) is 10.8. The molecule has 0 bridgehead atoms. The van der Waals surface area contributed by atoms with Crippen LogP contribution in [0.2, 0.25) is 0 Å². The van der Waals surface area contributed by atoms with E-state index in [1.54, 1.807) is 0 Å². The first-order valence-electron chi connectivity index (χ1n) is 10.8. The Bertz CT molecular complexity index is 919. The van der Waals surface area contributed by atoms with Crippen molar-refractivity contribution in [3.8, 4) is 5.75 Å². The van der Waals surface area contributed by atoms with Crippen LogP contribution in [0, 0.1) is 6.92 Å². The number of carbonyl (C=O) groups is 1. The number of hydrogen-bond donors (Lipinski definition) is 1. The number of aryl methyl sites for hydroxylation is 1. The third-order valence-electron chi connectivity index (χ3n) is 5.60. The number of aromatic nitrogens is 1. The number of nitrogens with one attached hydrogen (secondary N) is 1. The van der Waals surface area contributed by atoms with E-state index in [0.717, 1.165) is 74.5 Å². The van der Waals surface area contributed by atoms with Gasteiger partial charge in [-0.2, -0.15) is 0 Å². The topological polar surface area (TPSA) is 86.4 Å². The largest absolute Gasteiger partial charge is 0.482 e. The Labute approximate surface area is 182 Å². The van der Waals surface area contributed by atoms with Crippen molar-refractivity contribution in [3.63, 3.8) is 0 Å². The Morgan fingerprint density at radius 3 is 2.77 bits per heavy atom. The predicted octanol–water partition coefficient (Wildman–Crippen LogP) is 1.49. The van der Waals surface area contributed by atoms with Crippen LogP contribution in [-0.2, 0) is 11.3 Å². The van der Waals surface area contributed by atoms with Gasteiger partial charge in [-0.1, -0.05) is 17.3 Å². The van der Waals surface area contributed by atoms with E-state index < -0.39 is 0 Å². The zero-order valence-electron chi connectivity index (χ0n) is 18.2. The molecule has 166 valence electrons. The first-order chi connectivity index (χ1) is 15.1. The van der Waals surface area contributed by atoms with Crippen LogP contribution < -0.4 is 15.0 Å². The number of hydrogen-bond acceptors (Lipinski definition) is 6. The van der Waals surface area contributed by atoms with Gasteiger partial charge in [0.05, 0.1) is 11.4 Å².